The third kappa shape index (κ3) is 5.81. The molecule has 1 fully saturated rings. The van der Waals surface area contributed by atoms with Gasteiger partial charge in [-0.15, -0.1) is 11.3 Å². The predicted octanol–water partition coefficient (Wildman–Crippen LogP) is 4.52. The number of aryl methyl sites for hydroxylation is 1. The van der Waals surface area contributed by atoms with Crippen molar-refractivity contribution in [1.29, 1.82) is 0 Å². The molecule has 1 aliphatic rings. The minimum atomic E-state index is -0.244. The van der Waals surface area contributed by atoms with Crippen molar-refractivity contribution in [2.75, 3.05) is 52.3 Å². The van der Waals surface area contributed by atoms with Crippen molar-refractivity contribution >= 4 is 51.9 Å². The number of aromatic amines is 1. The van der Waals surface area contributed by atoms with Gasteiger partial charge in [0.05, 0.1) is 28.9 Å². The van der Waals surface area contributed by atoms with Crippen LogP contribution in [0.4, 0.5) is 5.69 Å². The second-order valence-electron chi connectivity index (χ2n) is 9.41. The van der Waals surface area contributed by atoms with Crippen LogP contribution in [0.3, 0.4) is 0 Å². The van der Waals surface area contributed by atoms with E-state index in [0.29, 0.717) is 40.7 Å². The predicted molar refractivity (Wildman–Crippen MR) is 155 cm³/mol. The number of benzene rings is 2. The number of carbonyl (C=O) groups is 2. The Hall–Kier alpha value is -4.15. The van der Waals surface area contributed by atoms with Gasteiger partial charge in [0.25, 0.3) is 11.8 Å². The fraction of sp³-hybridized carbons (Fsp3) is 0.276. The van der Waals surface area contributed by atoms with Crippen LogP contribution < -0.4 is 14.8 Å². The topological polar surface area (TPSA) is 99.8 Å². The van der Waals surface area contributed by atoms with Crippen LogP contribution in [0.2, 0.25) is 0 Å². The summed E-state index contributed by atoms with van der Waals surface area (Å²) in [4.78, 5) is 30.6. The van der Waals surface area contributed by atoms with E-state index in [2.05, 4.69) is 20.4 Å². The lowest BCUT2D eigenvalue weighted by Crippen LogP contribution is -2.48. The van der Waals surface area contributed by atoms with Gasteiger partial charge in [-0.05, 0) is 55.3 Å². The number of nitrogens with one attached hydrogen (secondary N) is 2. The van der Waals surface area contributed by atoms with Crippen LogP contribution in [0.1, 0.15) is 26.5 Å². The number of para-hydroxylation sites is 1. The highest BCUT2D eigenvalue weighted by molar-refractivity contribution is 7.12. The molecule has 2 aromatic heterocycles. The fourth-order valence-electron chi connectivity index (χ4n) is 4.51. The van der Waals surface area contributed by atoms with Crippen molar-refractivity contribution in [1.82, 2.24) is 20.0 Å². The molecule has 0 bridgehead atoms. The number of likely N-dealkylation sites (N-methyl/N-ethyl adjacent to an activating group) is 1. The number of hydrogen-bond donors (Lipinski definition) is 2. The zero-order valence-corrected chi connectivity index (χ0v) is 23.0. The molecule has 10 heteroatoms. The Kier molecular flexibility index (Phi) is 7.94. The number of H-pyrrole nitrogens is 1. The summed E-state index contributed by atoms with van der Waals surface area (Å²) in [6.45, 7) is 4.78. The lowest BCUT2D eigenvalue weighted by atomic mass is 10.1. The third-order valence-electron chi connectivity index (χ3n) is 6.79. The van der Waals surface area contributed by atoms with E-state index in [1.54, 1.807) is 11.0 Å². The molecule has 0 spiro atoms. The molecule has 2 amide bonds. The zero-order valence-electron chi connectivity index (χ0n) is 22.2. The van der Waals surface area contributed by atoms with Gasteiger partial charge in [0, 0.05) is 37.1 Å². The molecule has 1 aliphatic heterocycles. The van der Waals surface area contributed by atoms with E-state index in [1.807, 2.05) is 67.9 Å². The Morgan fingerprint density at radius 1 is 1.10 bits per heavy atom. The van der Waals surface area contributed by atoms with Crippen molar-refractivity contribution in [2.24, 2.45) is 0 Å². The number of nitrogens with zero attached hydrogens (tertiary/aromatic N) is 3. The number of anilines is 1. The molecule has 1 saturated heterocycles. The number of carbonyl (C=O) groups excluding carboxylic acids is 2. The average Bonchev–Trinajstić information content (AvgIpc) is 3.57. The Bertz CT molecular complexity index is 1520. The number of rotatable bonds is 8. The van der Waals surface area contributed by atoms with Crippen LogP contribution in [0, 0.1) is 6.92 Å². The smallest absolute Gasteiger partial charge is 0.266 e. The lowest BCUT2D eigenvalue weighted by molar-refractivity contribution is -0.134. The van der Waals surface area contributed by atoms with Gasteiger partial charge in [-0.1, -0.05) is 24.3 Å². The standard InChI is InChI=1S/C29H31N5O4S/c1-19-12-17-39-28(19)29(36)30-26-20(8-10-23-21-6-4-5-7-22(21)31-32-23)9-11-24(27(26)37-3)38-18-25(35)34-15-13-33(2)14-16-34/h4-12,17H,13-16,18H2,1-3H3,(H,30,36)(H,31,32). The van der Waals surface area contributed by atoms with Crippen LogP contribution in [0.15, 0.2) is 47.8 Å². The van der Waals surface area contributed by atoms with Crippen LogP contribution >= 0.6 is 11.3 Å². The molecule has 5 rings (SSSR count). The largest absolute Gasteiger partial charge is 0.491 e. The minimum absolute atomic E-state index is 0.0840. The molecule has 2 aromatic carbocycles. The van der Waals surface area contributed by atoms with Gasteiger partial charge in [-0.3, -0.25) is 14.7 Å². The molecule has 2 N–H and O–H groups in total. The number of ether oxygens (including phenoxy) is 2. The summed E-state index contributed by atoms with van der Waals surface area (Å²) in [5, 5.41) is 13.3. The van der Waals surface area contributed by atoms with Crippen molar-refractivity contribution in [3.05, 3.63) is 69.5 Å². The van der Waals surface area contributed by atoms with Gasteiger partial charge in [-0.2, -0.15) is 5.10 Å². The van der Waals surface area contributed by atoms with E-state index in [0.717, 1.165) is 35.2 Å². The number of hydrogen-bond acceptors (Lipinski definition) is 7. The molecule has 39 heavy (non-hydrogen) atoms. The van der Waals surface area contributed by atoms with Gasteiger partial charge in [-0.25, -0.2) is 0 Å². The van der Waals surface area contributed by atoms with Gasteiger partial charge < -0.3 is 24.6 Å². The molecule has 0 saturated carbocycles. The number of thiophene rings is 1. The second kappa shape index (κ2) is 11.7. The fourth-order valence-corrected chi connectivity index (χ4v) is 5.33. The van der Waals surface area contributed by atoms with Gasteiger partial charge >= 0.3 is 0 Å². The van der Waals surface area contributed by atoms with Crippen molar-refractivity contribution in [3.8, 4) is 11.5 Å². The molecule has 0 radical (unpaired) electrons. The number of amides is 2. The molecule has 4 aromatic rings. The molecule has 0 atom stereocenters. The average molecular weight is 546 g/mol. The minimum Gasteiger partial charge on any atom is -0.491 e. The van der Waals surface area contributed by atoms with Crippen molar-refractivity contribution in [2.45, 2.75) is 6.92 Å². The lowest BCUT2D eigenvalue weighted by Gasteiger charge is -2.32. The molecule has 3 heterocycles. The zero-order chi connectivity index (χ0) is 27.4. The van der Waals surface area contributed by atoms with Crippen LogP contribution in [0.5, 0.6) is 11.5 Å². The van der Waals surface area contributed by atoms with E-state index < -0.39 is 0 Å². The molecule has 0 unspecified atom stereocenters. The Labute approximate surface area is 231 Å². The summed E-state index contributed by atoms with van der Waals surface area (Å²) in [5.74, 6) is 0.393. The van der Waals surface area contributed by atoms with E-state index in [9.17, 15) is 9.59 Å². The van der Waals surface area contributed by atoms with E-state index in [-0.39, 0.29) is 18.4 Å². The highest BCUT2D eigenvalue weighted by Crippen LogP contribution is 2.40. The first-order chi connectivity index (χ1) is 18.9. The normalized spacial score (nSPS) is 14.2. The highest BCUT2D eigenvalue weighted by atomic mass is 32.1. The number of aromatic nitrogens is 2. The maximum absolute atomic E-state index is 13.2. The number of fused-ring (bicyclic) bond motifs is 1. The van der Waals surface area contributed by atoms with Crippen LogP contribution in [-0.2, 0) is 4.79 Å². The molecular formula is C29H31N5O4S. The first-order valence-electron chi connectivity index (χ1n) is 12.7. The maximum atomic E-state index is 13.2. The summed E-state index contributed by atoms with van der Waals surface area (Å²) < 4.78 is 11.7. The molecule has 0 aliphatic carbocycles. The summed E-state index contributed by atoms with van der Waals surface area (Å²) in [5.41, 5.74) is 3.76. The van der Waals surface area contributed by atoms with Crippen LogP contribution in [0.25, 0.3) is 23.1 Å². The quantitative estimate of drug-likeness (QED) is 0.338. The van der Waals surface area contributed by atoms with Crippen molar-refractivity contribution < 1.29 is 19.1 Å². The molecule has 202 valence electrons. The van der Waals surface area contributed by atoms with Crippen LogP contribution in [-0.4, -0.2) is 78.8 Å². The number of piperazine rings is 1. The summed E-state index contributed by atoms with van der Waals surface area (Å²) in [6.07, 6.45) is 3.76. The third-order valence-corrected chi connectivity index (χ3v) is 7.81. The van der Waals surface area contributed by atoms with Gasteiger partial charge in [0.1, 0.15) is 0 Å². The van der Waals surface area contributed by atoms with E-state index >= 15 is 0 Å². The van der Waals surface area contributed by atoms with Gasteiger partial charge in [0.2, 0.25) is 0 Å². The van der Waals surface area contributed by atoms with E-state index in [4.69, 9.17) is 9.47 Å². The monoisotopic (exact) mass is 545 g/mol. The molecule has 9 nitrogen and oxygen atoms in total. The summed E-state index contributed by atoms with van der Waals surface area (Å²) >= 11 is 1.37. The Morgan fingerprint density at radius 2 is 1.90 bits per heavy atom. The van der Waals surface area contributed by atoms with Crippen molar-refractivity contribution in [3.63, 3.8) is 0 Å². The number of methoxy groups -OCH3 is 1. The summed E-state index contributed by atoms with van der Waals surface area (Å²) in [6, 6.07) is 13.4. The maximum Gasteiger partial charge on any atom is 0.266 e. The SMILES string of the molecule is COc1c(OCC(=O)N2CCN(C)CC2)ccc(C=Cc2n[nH]c3ccccc23)c1NC(=O)c1sccc1C. The highest BCUT2D eigenvalue weighted by Gasteiger charge is 2.22. The Morgan fingerprint density at radius 3 is 2.64 bits per heavy atom. The Balaban J connectivity index is 1.44. The first-order valence-corrected chi connectivity index (χ1v) is 13.6. The summed E-state index contributed by atoms with van der Waals surface area (Å²) in [7, 11) is 3.56. The van der Waals surface area contributed by atoms with Gasteiger partial charge in [0.15, 0.2) is 18.1 Å². The van der Waals surface area contributed by atoms with E-state index in [1.165, 1.54) is 18.4 Å². The molecular weight excluding hydrogens is 514 g/mol. The first kappa shape index (κ1) is 26.5. The second-order valence-corrected chi connectivity index (χ2v) is 10.3.